The van der Waals surface area contributed by atoms with Crippen molar-refractivity contribution in [3.63, 3.8) is 0 Å². The van der Waals surface area contributed by atoms with Gasteiger partial charge in [-0.2, -0.15) is 0 Å². The van der Waals surface area contributed by atoms with Crippen molar-refractivity contribution in [1.29, 1.82) is 0 Å². The third-order valence-corrected chi connectivity index (χ3v) is 7.04. The number of fused-ring (bicyclic) bond motifs is 5. The van der Waals surface area contributed by atoms with Crippen molar-refractivity contribution >= 4 is 16.8 Å². The average Bonchev–Trinajstić information content (AvgIpc) is 3.23. The van der Waals surface area contributed by atoms with Gasteiger partial charge in [0.05, 0.1) is 5.56 Å². The van der Waals surface area contributed by atoms with Crippen LogP contribution in [0.1, 0.15) is 67.9 Å². The van der Waals surface area contributed by atoms with Crippen molar-refractivity contribution in [3.8, 4) is 0 Å². The zero-order valence-electron chi connectivity index (χ0n) is 16.4. The summed E-state index contributed by atoms with van der Waals surface area (Å²) in [5.74, 6) is 0.161. The lowest BCUT2D eigenvalue weighted by Crippen LogP contribution is -2.57. The van der Waals surface area contributed by atoms with Crippen molar-refractivity contribution in [2.75, 3.05) is 6.54 Å². The second-order valence-corrected chi connectivity index (χ2v) is 8.71. The number of nitrogens with one attached hydrogen (secondary N) is 1. The summed E-state index contributed by atoms with van der Waals surface area (Å²) < 4.78 is 2.36. The molecular formula is C23H31N3O. The van der Waals surface area contributed by atoms with E-state index in [9.17, 15) is 4.79 Å². The molecule has 0 aliphatic carbocycles. The van der Waals surface area contributed by atoms with E-state index in [0.29, 0.717) is 18.1 Å². The fourth-order valence-corrected chi connectivity index (χ4v) is 6.01. The number of carbonyl (C=O) groups excluding carboxylic acids is 1. The summed E-state index contributed by atoms with van der Waals surface area (Å²) in [4.78, 5) is 16.1. The summed E-state index contributed by atoms with van der Waals surface area (Å²) >= 11 is 0. The number of hydrogen-bond donors (Lipinski definition) is 1. The van der Waals surface area contributed by atoms with Crippen LogP contribution in [0.15, 0.2) is 24.3 Å². The summed E-state index contributed by atoms with van der Waals surface area (Å²) in [6.07, 6.45) is 9.60. The van der Waals surface area contributed by atoms with Gasteiger partial charge in [-0.1, -0.05) is 31.5 Å². The maximum Gasteiger partial charge on any atom is 0.253 e. The third kappa shape index (κ3) is 2.89. The molecule has 1 N–H and O–H groups in total. The summed E-state index contributed by atoms with van der Waals surface area (Å²) in [5, 5.41) is 4.59. The van der Waals surface area contributed by atoms with Crippen molar-refractivity contribution < 1.29 is 4.79 Å². The SMILES string of the molecule is CCCN1C2CCCC1CC(NC(=O)c1c3n(c4ccccc14)CCC3)C2. The van der Waals surface area contributed by atoms with E-state index < -0.39 is 0 Å². The van der Waals surface area contributed by atoms with Gasteiger partial charge in [0.1, 0.15) is 0 Å². The Labute approximate surface area is 161 Å². The molecule has 0 spiro atoms. The maximum absolute atomic E-state index is 13.3. The topological polar surface area (TPSA) is 37.3 Å². The molecular weight excluding hydrogens is 334 g/mol. The molecule has 2 saturated heterocycles. The number of carbonyl (C=O) groups is 1. The fraction of sp³-hybridized carbons (Fsp3) is 0.609. The monoisotopic (exact) mass is 365 g/mol. The average molecular weight is 366 g/mol. The first-order valence-corrected chi connectivity index (χ1v) is 10.9. The molecule has 2 unspecified atom stereocenters. The number of amides is 1. The van der Waals surface area contributed by atoms with E-state index in [0.717, 1.165) is 43.2 Å². The van der Waals surface area contributed by atoms with E-state index in [4.69, 9.17) is 0 Å². The molecule has 3 aliphatic rings. The largest absolute Gasteiger partial charge is 0.349 e. The Kier molecular flexibility index (Phi) is 4.47. The van der Waals surface area contributed by atoms with E-state index in [2.05, 4.69) is 46.0 Å². The third-order valence-electron chi connectivity index (χ3n) is 7.04. The second kappa shape index (κ2) is 6.97. The van der Waals surface area contributed by atoms with E-state index in [1.807, 2.05) is 0 Å². The summed E-state index contributed by atoms with van der Waals surface area (Å²) in [6.45, 7) is 4.54. The molecule has 4 heteroatoms. The molecule has 2 fully saturated rings. The number of piperidine rings is 2. The molecule has 2 aromatic rings. The molecule has 4 nitrogen and oxygen atoms in total. The standard InChI is InChI=1S/C23H31N3O/c1-2-12-25-17-7-5-8-18(25)15-16(14-17)24-23(27)22-19-9-3-4-10-20(19)26-13-6-11-21(22)26/h3-4,9-10,16-18H,2,5-8,11-15H2,1H3,(H,24,27). The molecule has 4 heterocycles. The van der Waals surface area contributed by atoms with E-state index in [1.54, 1.807) is 0 Å². The van der Waals surface area contributed by atoms with Crippen LogP contribution in [0.25, 0.3) is 10.9 Å². The molecule has 144 valence electrons. The van der Waals surface area contributed by atoms with Gasteiger partial charge in [0, 0.05) is 41.3 Å². The fourth-order valence-electron chi connectivity index (χ4n) is 6.01. The molecule has 1 amide bonds. The number of nitrogens with zero attached hydrogens (tertiary/aromatic N) is 2. The van der Waals surface area contributed by atoms with Gasteiger partial charge < -0.3 is 9.88 Å². The zero-order chi connectivity index (χ0) is 18.4. The Morgan fingerprint density at radius 3 is 2.70 bits per heavy atom. The molecule has 2 bridgehead atoms. The first-order chi connectivity index (χ1) is 13.3. The molecule has 27 heavy (non-hydrogen) atoms. The van der Waals surface area contributed by atoms with Crippen LogP contribution in [-0.4, -0.2) is 40.0 Å². The summed E-state index contributed by atoms with van der Waals surface area (Å²) in [7, 11) is 0. The maximum atomic E-state index is 13.3. The first kappa shape index (κ1) is 17.3. The lowest BCUT2D eigenvalue weighted by atomic mass is 9.81. The van der Waals surface area contributed by atoms with Gasteiger partial charge in [-0.05, 0) is 57.6 Å². The van der Waals surface area contributed by atoms with Crippen molar-refractivity contribution in [2.45, 2.75) is 83.0 Å². The van der Waals surface area contributed by atoms with Crippen LogP contribution >= 0.6 is 0 Å². The summed E-state index contributed by atoms with van der Waals surface area (Å²) in [6, 6.07) is 10.1. The Bertz CT molecular complexity index is 841. The molecule has 1 aromatic carbocycles. The Hall–Kier alpha value is -1.81. The highest BCUT2D eigenvalue weighted by Gasteiger charge is 2.38. The molecule has 2 atom stereocenters. The van der Waals surface area contributed by atoms with Crippen LogP contribution in [0.5, 0.6) is 0 Å². The number of benzene rings is 1. The molecule has 5 rings (SSSR count). The zero-order valence-corrected chi connectivity index (χ0v) is 16.4. The molecule has 0 radical (unpaired) electrons. The van der Waals surface area contributed by atoms with Crippen molar-refractivity contribution in [3.05, 3.63) is 35.5 Å². The number of aryl methyl sites for hydroxylation is 1. The lowest BCUT2D eigenvalue weighted by molar-refractivity contribution is 0.0245. The van der Waals surface area contributed by atoms with Crippen LogP contribution in [0.4, 0.5) is 0 Å². The molecule has 0 saturated carbocycles. The minimum atomic E-state index is 0.161. The molecule has 3 aliphatic heterocycles. The van der Waals surface area contributed by atoms with Crippen molar-refractivity contribution in [2.24, 2.45) is 0 Å². The van der Waals surface area contributed by atoms with Gasteiger partial charge in [-0.25, -0.2) is 0 Å². The quantitative estimate of drug-likeness (QED) is 0.885. The minimum Gasteiger partial charge on any atom is -0.349 e. The number of para-hydroxylation sites is 1. The van der Waals surface area contributed by atoms with E-state index in [1.165, 1.54) is 43.4 Å². The lowest BCUT2D eigenvalue weighted by Gasteiger charge is -2.49. The van der Waals surface area contributed by atoms with Gasteiger partial charge in [-0.15, -0.1) is 0 Å². The van der Waals surface area contributed by atoms with Crippen molar-refractivity contribution in [1.82, 2.24) is 14.8 Å². The van der Waals surface area contributed by atoms with Crippen LogP contribution in [0.2, 0.25) is 0 Å². The number of hydrogen-bond acceptors (Lipinski definition) is 2. The Balaban J connectivity index is 1.38. The minimum absolute atomic E-state index is 0.161. The molecule has 1 aromatic heterocycles. The Morgan fingerprint density at radius 2 is 1.93 bits per heavy atom. The highest BCUT2D eigenvalue weighted by molar-refractivity contribution is 6.08. The van der Waals surface area contributed by atoms with Crippen LogP contribution < -0.4 is 5.32 Å². The van der Waals surface area contributed by atoms with Gasteiger partial charge in [0.25, 0.3) is 5.91 Å². The smallest absolute Gasteiger partial charge is 0.253 e. The predicted octanol–water partition coefficient (Wildman–Crippen LogP) is 4.11. The van der Waals surface area contributed by atoms with E-state index in [-0.39, 0.29) is 5.91 Å². The highest BCUT2D eigenvalue weighted by Crippen LogP contribution is 2.35. The number of aromatic nitrogens is 1. The van der Waals surface area contributed by atoms with Crippen LogP contribution in [0, 0.1) is 0 Å². The predicted molar refractivity (Wildman–Crippen MR) is 109 cm³/mol. The normalized spacial score (nSPS) is 27.7. The first-order valence-electron chi connectivity index (χ1n) is 10.9. The van der Waals surface area contributed by atoms with E-state index >= 15 is 0 Å². The number of rotatable bonds is 4. The summed E-state index contributed by atoms with van der Waals surface area (Å²) in [5.41, 5.74) is 3.42. The van der Waals surface area contributed by atoms with Crippen LogP contribution in [-0.2, 0) is 13.0 Å². The van der Waals surface area contributed by atoms with Gasteiger partial charge in [-0.3, -0.25) is 9.69 Å². The highest BCUT2D eigenvalue weighted by atomic mass is 16.1. The van der Waals surface area contributed by atoms with Gasteiger partial charge in [0.15, 0.2) is 0 Å². The van der Waals surface area contributed by atoms with Gasteiger partial charge >= 0.3 is 0 Å². The Morgan fingerprint density at radius 1 is 1.15 bits per heavy atom. The van der Waals surface area contributed by atoms with Crippen LogP contribution in [0.3, 0.4) is 0 Å². The second-order valence-electron chi connectivity index (χ2n) is 8.71. The van der Waals surface area contributed by atoms with Gasteiger partial charge in [0.2, 0.25) is 0 Å².